The van der Waals surface area contributed by atoms with Gasteiger partial charge in [-0.05, 0) is 17.7 Å². The van der Waals surface area contributed by atoms with E-state index in [1.165, 1.54) is 7.11 Å². The maximum absolute atomic E-state index is 11.0. The minimum Gasteiger partial charge on any atom is -0.487 e. The Morgan fingerprint density at radius 3 is 2.72 bits per heavy atom. The molecule has 1 aromatic carbocycles. The van der Waals surface area contributed by atoms with Crippen LogP contribution in [0.2, 0.25) is 5.02 Å². The number of benzene rings is 1. The molecule has 1 heterocycles. The molecule has 0 spiro atoms. The first-order valence-corrected chi connectivity index (χ1v) is 7.61. The van der Waals surface area contributed by atoms with Gasteiger partial charge in [0.05, 0.1) is 23.6 Å². The molecule has 5 nitrogen and oxygen atoms in total. The fraction of sp³-hybridized carbons (Fsp3) is 0.455. The fourth-order valence-electron chi connectivity index (χ4n) is 1.67. The van der Waals surface area contributed by atoms with Crippen LogP contribution in [0.5, 0.6) is 5.75 Å². The normalized spacial score (nSPS) is 18.3. The van der Waals surface area contributed by atoms with Crippen LogP contribution in [0.3, 0.4) is 0 Å². The zero-order valence-electron chi connectivity index (χ0n) is 9.85. The largest absolute Gasteiger partial charge is 0.487 e. The minimum absolute atomic E-state index is 0.0658. The summed E-state index contributed by atoms with van der Waals surface area (Å²) >= 11 is 6.06. The molecular formula is C11H14ClNO4S. The van der Waals surface area contributed by atoms with E-state index in [1.807, 2.05) is 6.07 Å². The van der Waals surface area contributed by atoms with Crippen molar-refractivity contribution in [3.05, 3.63) is 28.8 Å². The Morgan fingerprint density at radius 2 is 2.17 bits per heavy atom. The highest BCUT2D eigenvalue weighted by atomic mass is 35.5. The Bertz CT molecular complexity index is 520. The van der Waals surface area contributed by atoms with Crippen molar-refractivity contribution in [2.45, 2.75) is 12.6 Å². The van der Waals surface area contributed by atoms with E-state index in [0.29, 0.717) is 17.3 Å². The van der Waals surface area contributed by atoms with E-state index in [1.54, 1.807) is 12.1 Å². The molecule has 18 heavy (non-hydrogen) atoms. The van der Waals surface area contributed by atoms with Gasteiger partial charge in [0.2, 0.25) is 0 Å². The molecule has 0 bridgehead atoms. The van der Waals surface area contributed by atoms with Crippen molar-refractivity contribution in [2.75, 3.05) is 18.6 Å². The summed E-state index contributed by atoms with van der Waals surface area (Å²) in [6.45, 7) is 0.536. The fourth-order valence-corrected chi connectivity index (χ4v) is 3.09. The number of ether oxygens (including phenoxy) is 1. The van der Waals surface area contributed by atoms with Gasteiger partial charge in [0, 0.05) is 6.54 Å². The standard InChI is InChI=1S/C11H14ClNO4S/c1-16-13-5-8-2-3-11(10(12)4-8)17-9-6-18(14,15)7-9/h2-4,9,13H,5-7H2,1H3. The second kappa shape index (κ2) is 5.44. The Balaban J connectivity index is 1.97. The summed E-state index contributed by atoms with van der Waals surface area (Å²) in [6.07, 6.45) is -0.282. The summed E-state index contributed by atoms with van der Waals surface area (Å²) in [7, 11) is -1.34. The van der Waals surface area contributed by atoms with E-state index in [4.69, 9.17) is 21.2 Å². The molecule has 2 rings (SSSR count). The number of hydrogen-bond acceptors (Lipinski definition) is 5. The molecule has 7 heteroatoms. The van der Waals surface area contributed by atoms with Gasteiger partial charge in [0.25, 0.3) is 0 Å². The van der Waals surface area contributed by atoms with Crippen LogP contribution >= 0.6 is 11.6 Å². The molecule has 1 aromatic rings. The number of rotatable bonds is 5. The predicted octanol–water partition coefficient (Wildman–Crippen LogP) is 1.17. The van der Waals surface area contributed by atoms with Crippen molar-refractivity contribution in [3.8, 4) is 5.75 Å². The van der Waals surface area contributed by atoms with E-state index in [9.17, 15) is 8.42 Å². The van der Waals surface area contributed by atoms with Crippen molar-refractivity contribution in [3.63, 3.8) is 0 Å². The Morgan fingerprint density at radius 1 is 1.44 bits per heavy atom. The number of hydroxylamine groups is 1. The van der Waals surface area contributed by atoms with Gasteiger partial charge in [-0.2, -0.15) is 5.48 Å². The summed E-state index contributed by atoms with van der Waals surface area (Å²) in [6, 6.07) is 5.34. The Labute approximate surface area is 111 Å². The number of nitrogens with one attached hydrogen (secondary N) is 1. The molecular weight excluding hydrogens is 278 g/mol. The summed E-state index contributed by atoms with van der Waals surface area (Å²) in [4.78, 5) is 4.74. The topological polar surface area (TPSA) is 64.6 Å². The van der Waals surface area contributed by atoms with Gasteiger partial charge < -0.3 is 9.57 Å². The third-order valence-corrected chi connectivity index (χ3v) is 4.64. The van der Waals surface area contributed by atoms with Crippen molar-refractivity contribution < 1.29 is 18.0 Å². The van der Waals surface area contributed by atoms with Crippen LogP contribution in [0, 0.1) is 0 Å². The van der Waals surface area contributed by atoms with Gasteiger partial charge in [-0.15, -0.1) is 0 Å². The molecule has 1 fully saturated rings. The van der Waals surface area contributed by atoms with Gasteiger partial charge in [0.15, 0.2) is 9.84 Å². The molecule has 1 saturated heterocycles. The van der Waals surface area contributed by atoms with Crippen LogP contribution < -0.4 is 10.2 Å². The van der Waals surface area contributed by atoms with E-state index >= 15 is 0 Å². The number of halogens is 1. The molecule has 0 radical (unpaired) electrons. The van der Waals surface area contributed by atoms with Crippen LogP contribution in [0.15, 0.2) is 18.2 Å². The van der Waals surface area contributed by atoms with Crippen molar-refractivity contribution >= 4 is 21.4 Å². The first-order valence-electron chi connectivity index (χ1n) is 5.41. The van der Waals surface area contributed by atoms with Gasteiger partial charge >= 0.3 is 0 Å². The van der Waals surface area contributed by atoms with Crippen LogP contribution in [0.4, 0.5) is 0 Å². The minimum atomic E-state index is -2.88. The SMILES string of the molecule is CONCc1ccc(OC2CS(=O)(=O)C2)c(Cl)c1. The molecule has 0 saturated carbocycles. The summed E-state index contributed by atoms with van der Waals surface area (Å²) in [5, 5.41) is 0.467. The molecule has 100 valence electrons. The van der Waals surface area contributed by atoms with Gasteiger partial charge in [-0.1, -0.05) is 17.7 Å². The van der Waals surface area contributed by atoms with E-state index in [0.717, 1.165) is 5.56 Å². The highest BCUT2D eigenvalue weighted by Crippen LogP contribution is 2.28. The van der Waals surface area contributed by atoms with E-state index in [-0.39, 0.29) is 17.6 Å². The zero-order chi connectivity index (χ0) is 13.2. The second-order valence-electron chi connectivity index (χ2n) is 4.11. The molecule has 0 unspecified atom stereocenters. The lowest BCUT2D eigenvalue weighted by Crippen LogP contribution is -2.45. The van der Waals surface area contributed by atoms with Gasteiger partial charge in [0.1, 0.15) is 11.9 Å². The van der Waals surface area contributed by atoms with Crippen LogP contribution in [0.1, 0.15) is 5.56 Å². The highest BCUT2D eigenvalue weighted by molar-refractivity contribution is 7.92. The number of hydrogen-bond donors (Lipinski definition) is 1. The third kappa shape index (κ3) is 3.35. The predicted molar refractivity (Wildman–Crippen MR) is 68.4 cm³/mol. The molecule has 1 N–H and O–H groups in total. The zero-order valence-corrected chi connectivity index (χ0v) is 11.4. The summed E-state index contributed by atoms with van der Waals surface area (Å²) < 4.78 is 27.5. The molecule has 0 amide bonds. The number of sulfone groups is 1. The van der Waals surface area contributed by atoms with Crippen molar-refractivity contribution in [1.82, 2.24) is 5.48 Å². The highest BCUT2D eigenvalue weighted by Gasteiger charge is 2.35. The van der Waals surface area contributed by atoms with Crippen LogP contribution in [-0.4, -0.2) is 33.1 Å². The quantitative estimate of drug-likeness (QED) is 0.825. The Kier molecular flexibility index (Phi) is 4.11. The average Bonchev–Trinajstić information content (AvgIpc) is 2.27. The van der Waals surface area contributed by atoms with Crippen molar-refractivity contribution in [2.24, 2.45) is 0 Å². The molecule has 0 atom stereocenters. The van der Waals surface area contributed by atoms with Crippen molar-refractivity contribution in [1.29, 1.82) is 0 Å². The maximum atomic E-state index is 11.0. The molecule has 0 aromatic heterocycles. The van der Waals surface area contributed by atoms with E-state index < -0.39 is 9.84 Å². The Hall–Kier alpha value is -0.820. The molecule has 0 aliphatic carbocycles. The van der Waals surface area contributed by atoms with Crippen LogP contribution in [-0.2, 0) is 21.2 Å². The summed E-state index contributed by atoms with van der Waals surface area (Å²) in [5.41, 5.74) is 3.66. The third-order valence-electron chi connectivity index (χ3n) is 2.59. The first-order chi connectivity index (χ1) is 8.50. The van der Waals surface area contributed by atoms with Gasteiger partial charge in [-0.3, -0.25) is 0 Å². The molecule has 1 aliphatic heterocycles. The average molecular weight is 292 g/mol. The van der Waals surface area contributed by atoms with Gasteiger partial charge in [-0.25, -0.2) is 8.42 Å². The first kappa shape index (κ1) is 13.6. The lowest BCUT2D eigenvalue weighted by molar-refractivity contribution is 0.0867. The monoisotopic (exact) mass is 291 g/mol. The van der Waals surface area contributed by atoms with Crippen LogP contribution in [0.25, 0.3) is 0 Å². The summed E-state index contributed by atoms with van der Waals surface area (Å²) in [5.74, 6) is 0.643. The molecule has 1 aliphatic rings. The lowest BCUT2D eigenvalue weighted by Gasteiger charge is -2.27. The lowest BCUT2D eigenvalue weighted by atomic mass is 10.2. The van der Waals surface area contributed by atoms with E-state index in [2.05, 4.69) is 5.48 Å². The maximum Gasteiger partial charge on any atom is 0.157 e. The second-order valence-corrected chi connectivity index (χ2v) is 6.67. The smallest absolute Gasteiger partial charge is 0.157 e.